The van der Waals surface area contributed by atoms with Gasteiger partial charge in [-0.15, -0.1) is 12.6 Å². The maximum absolute atomic E-state index is 11.6. The molecule has 24 heavy (non-hydrogen) atoms. The molecule has 0 aliphatic heterocycles. The fraction of sp³-hybridized carbons (Fsp3) is 0.579. The maximum Gasteiger partial charge on any atom is 0.183 e. The van der Waals surface area contributed by atoms with Crippen molar-refractivity contribution in [2.75, 3.05) is 0 Å². The second kappa shape index (κ2) is 6.52. The van der Waals surface area contributed by atoms with Crippen molar-refractivity contribution in [3.8, 4) is 0 Å². The molecule has 0 radical (unpaired) electrons. The smallest absolute Gasteiger partial charge is 0.183 e. The van der Waals surface area contributed by atoms with Crippen LogP contribution in [-0.4, -0.2) is 25.5 Å². The van der Waals surface area contributed by atoms with Gasteiger partial charge in [0.05, 0.1) is 12.1 Å². The first-order chi connectivity index (χ1) is 11.4. The Hall–Kier alpha value is -1.33. The van der Waals surface area contributed by atoms with Crippen molar-refractivity contribution in [3.63, 3.8) is 0 Å². The molecule has 1 aromatic heterocycles. The Morgan fingerprint density at radius 3 is 2.50 bits per heavy atom. The number of aromatic nitrogens is 3. The summed E-state index contributed by atoms with van der Waals surface area (Å²) in [7, 11) is 0. The minimum atomic E-state index is -0.818. The molecular weight excluding hydrogens is 318 g/mol. The highest BCUT2D eigenvalue weighted by atomic mass is 32.1. The highest BCUT2D eigenvalue weighted by molar-refractivity contribution is 7.80. The van der Waals surface area contributed by atoms with Crippen LogP contribution in [0.15, 0.2) is 35.7 Å². The predicted molar refractivity (Wildman–Crippen MR) is 98.3 cm³/mol. The lowest BCUT2D eigenvalue weighted by atomic mass is 9.72. The summed E-state index contributed by atoms with van der Waals surface area (Å²) in [5, 5.41) is 16.4. The number of hydrogen-bond acceptors (Lipinski definition) is 4. The molecular formula is C19H27N3OS. The van der Waals surface area contributed by atoms with E-state index in [1.54, 1.807) is 4.68 Å². The lowest BCUT2D eigenvalue weighted by molar-refractivity contribution is -0.0922. The number of thiol groups is 1. The molecule has 2 unspecified atom stereocenters. The standard InChI is InChI=1S/C19H27N3OS/c1-4-14-5-7-15(8-6-14)11-16-9-10-18(2,3)19(16,23)12-22-17(24)20-13-21-22/h5-8,13,16,23H,4,9-12H2,1-3H3,(H,20,21,24). The van der Waals surface area contributed by atoms with Gasteiger partial charge in [0.2, 0.25) is 0 Å². The lowest BCUT2D eigenvalue weighted by Gasteiger charge is -2.41. The number of aliphatic hydroxyl groups is 1. The van der Waals surface area contributed by atoms with E-state index in [1.165, 1.54) is 17.5 Å². The quantitative estimate of drug-likeness (QED) is 0.815. The minimum absolute atomic E-state index is 0.160. The van der Waals surface area contributed by atoms with Crippen LogP contribution in [-0.2, 0) is 19.4 Å². The molecule has 5 heteroatoms. The molecule has 3 rings (SSSR count). The normalized spacial score (nSPS) is 26.0. The highest BCUT2D eigenvalue weighted by Crippen LogP contribution is 2.51. The number of nitrogens with zero attached hydrogens (tertiary/aromatic N) is 3. The zero-order valence-electron chi connectivity index (χ0n) is 14.7. The van der Waals surface area contributed by atoms with Crippen LogP contribution >= 0.6 is 12.6 Å². The Morgan fingerprint density at radius 2 is 1.92 bits per heavy atom. The van der Waals surface area contributed by atoms with Crippen LogP contribution in [0.3, 0.4) is 0 Å². The second-order valence-electron chi connectivity index (χ2n) is 7.64. The summed E-state index contributed by atoms with van der Waals surface area (Å²) in [5.74, 6) is 0.205. The Morgan fingerprint density at radius 1 is 1.25 bits per heavy atom. The first-order valence-electron chi connectivity index (χ1n) is 8.72. The van der Waals surface area contributed by atoms with E-state index in [0.717, 1.165) is 25.7 Å². The highest BCUT2D eigenvalue weighted by Gasteiger charge is 2.54. The molecule has 2 atom stereocenters. The average Bonchev–Trinajstić information content (AvgIpc) is 3.05. The van der Waals surface area contributed by atoms with Gasteiger partial charge in [0.15, 0.2) is 5.16 Å². The van der Waals surface area contributed by atoms with E-state index in [4.69, 9.17) is 0 Å². The van der Waals surface area contributed by atoms with Gasteiger partial charge in [-0.05, 0) is 48.1 Å². The van der Waals surface area contributed by atoms with E-state index in [1.807, 2.05) is 0 Å². The Balaban J connectivity index is 1.84. The van der Waals surface area contributed by atoms with Gasteiger partial charge < -0.3 is 5.11 Å². The molecule has 0 bridgehead atoms. The molecule has 0 amide bonds. The van der Waals surface area contributed by atoms with Crippen molar-refractivity contribution < 1.29 is 5.11 Å². The third-order valence-electron chi connectivity index (χ3n) is 5.86. The molecule has 2 aromatic rings. The first kappa shape index (κ1) is 17.5. The van der Waals surface area contributed by atoms with Gasteiger partial charge in [0, 0.05) is 0 Å². The third-order valence-corrected chi connectivity index (χ3v) is 6.21. The summed E-state index contributed by atoms with van der Waals surface area (Å²) in [4.78, 5) is 4.07. The zero-order valence-corrected chi connectivity index (χ0v) is 15.6. The third kappa shape index (κ3) is 3.11. The van der Waals surface area contributed by atoms with Gasteiger partial charge in [-0.1, -0.05) is 45.0 Å². The summed E-state index contributed by atoms with van der Waals surface area (Å²) in [5.41, 5.74) is 1.66. The maximum atomic E-state index is 11.6. The zero-order chi connectivity index (χ0) is 17.4. The van der Waals surface area contributed by atoms with E-state index in [9.17, 15) is 5.11 Å². The summed E-state index contributed by atoms with van der Waals surface area (Å²) in [6, 6.07) is 8.78. The Bertz CT molecular complexity index is 695. The van der Waals surface area contributed by atoms with Crippen LogP contribution in [0.4, 0.5) is 0 Å². The molecule has 0 saturated heterocycles. The molecule has 4 nitrogen and oxygen atoms in total. The molecule has 1 aliphatic carbocycles. The fourth-order valence-corrected chi connectivity index (χ4v) is 4.12. The van der Waals surface area contributed by atoms with Gasteiger partial charge in [0.1, 0.15) is 6.33 Å². The SMILES string of the molecule is CCc1ccc(CC2CCC(C)(C)C2(O)Cn2ncnc2S)cc1. The predicted octanol–water partition coefficient (Wildman–Crippen LogP) is 3.54. The van der Waals surface area contributed by atoms with Gasteiger partial charge >= 0.3 is 0 Å². The van der Waals surface area contributed by atoms with Crippen molar-refractivity contribution in [2.45, 2.75) is 63.8 Å². The molecule has 1 heterocycles. The summed E-state index contributed by atoms with van der Waals surface area (Å²) >= 11 is 4.34. The summed E-state index contributed by atoms with van der Waals surface area (Å²) in [6.07, 6.45) is 5.47. The summed E-state index contributed by atoms with van der Waals surface area (Å²) in [6.45, 7) is 6.92. The summed E-state index contributed by atoms with van der Waals surface area (Å²) < 4.78 is 1.71. The van der Waals surface area contributed by atoms with Gasteiger partial charge in [-0.3, -0.25) is 0 Å². The van der Waals surface area contributed by atoms with Crippen molar-refractivity contribution in [1.29, 1.82) is 0 Å². The topological polar surface area (TPSA) is 50.9 Å². The molecule has 1 aromatic carbocycles. The minimum Gasteiger partial charge on any atom is -0.387 e. The van der Waals surface area contributed by atoms with Crippen LogP contribution in [0.2, 0.25) is 0 Å². The van der Waals surface area contributed by atoms with E-state index in [2.05, 4.69) is 67.7 Å². The number of hydrogen-bond donors (Lipinski definition) is 2. The molecule has 130 valence electrons. The molecule has 1 N–H and O–H groups in total. The van der Waals surface area contributed by atoms with Crippen molar-refractivity contribution in [3.05, 3.63) is 41.7 Å². The van der Waals surface area contributed by atoms with Crippen LogP contribution in [0, 0.1) is 11.3 Å². The van der Waals surface area contributed by atoms with Crippen LogP contribution in [0.1, 0.15) is 44.7 Å². The van der Waals surface area contributed by atoms with Crippen molar-refractivity contribution in [2.24, 2.45) is 11.3 Å². The van der Waals surface area contributed by atoms with Crippen LogP contribution < -0.4 is 0 Å². The van der Waals surface area contributed by atoms with E-state index < -0.39 is 5.60 Å². The number of aryl methyl sites for hydroxylation is 1. The number of rotatable bonds is 5. The first-order valence-corrected chi connectivity index (χ1v) is 9.17. The molecule has 1 saturated carbocycles. The van der Waals surface area contributed by atoms with Gasteiger partial charge in [-0.25, -0.2) is 9.67 Å². The van der Waals surface area contributed by atoms with Crippen LogP contribution in [0.5, 0.6) is 0 Å². The van der Waals surface area contributed by atoms with Gasteiger partial charge in [-0.2, -0.15) is 5.10 Å². The molecule has 0 spiro atoms. The Labute approximate surface area is 149 Å². The molecule has 1 fully saturated rings. The Kier molecular flexibility index (Phi) is 4.76. The average molecular weight is 346 g/mol. The monoisotopic (exact) mass is 345 g/mol. The largest absolute Gasteiger partial charge is 0.387 e. The van der Waals surface area contributed by atoms with Crippen LogP contribution in [0.25, 0.3) is 0 Å². The van der Waals surface area contributed by atoms with E-state index >= 15 is 0 Å². The number of benzene rings is 1. The van der Waals surface area contributed by atoms with E-state index in [0.29, 0.717) is 11.7 Å². The van der Waals surface area contributed by atoms with Crippen molar-refractivity contribution in [1.82, 2.24) is 14.8 Å². The lowest BCUT2D eigenvalue weighted by Crippen LogP contribution is -2.49. The van der Waals surface area contributed by atoms with Gasteiger partial charge in [0.25, 0.3) is 0 Å². The second-order valence-corrected chi connectivity index (χ2v) is 8.04. The van der Waals surface area contributed by atoms with E-state index in [-0.39, 0.29) is 11.3 Å². The molecule has 1 aliphatic rings. The van der Waals surface area contributed by atoms with Crippen molar-refractivity contribution >= 4 is 12.6 Å². The fourth-order valence-electron chi connectivity index (χ4n) is 3.95.